The Kier molecular flexibility index (Phi) is 1.90. The van der Waals surface area contributed by atoms with Gasteiger partial charge in [0.15, 0.2) is 11.5 Å². The molecular weight excluding hydrogens is 280 g/mol. The van der Waals surface area contributed by atoms with E-state index < -0.39 is 0 Å². The van der Waals surface area contributed by atoms with Crippen LogP contribution in [0.1, 0.15) is 31.1 Å². The van der Waals surface area contributed by atoms with E-state index in [2.05, 4.69) is 20.9 Å². The maximum atomic E-state index is 5.94. The predicted octanol–water partition coefficient (Wildman–Crippen LogP) is 3.69. The van der Waals surface area contributed by atoms with E-state index in [1.807, 2.05) is 12.1 Å². The van der Waals surface area contributed by atoms with Crippen molar-refractivity contribution in [2.75, 3.05) is 5.73 Å². The summed E-state index contributed by atoms with van der Waals surface area (Å²) in [7, 11) is 0. The Balaban J connectivity index is 1.80. The molecule has 2 fully saturated rings. The molecule has 2 aliphatic carbocycles. The average molecular weight is 293 g/mol. The van der Waals surface area contributed by atoms with E-state index in [4.69, 9.17) is 10.2 Å². The van der Waals surface area contributed by atoms with Gasteiger partial charge in [0.1, 0.15) is 5.52 Å². The summed E-state index contributed by atoms with van der Waals surface area (Å²) in [6.45, 7) is 0. The lowest BCUT2D eigenvalue weighted by molar-refractivity contribution is 0.498. The molecule has 4 rings (SSSR count). The number of nitrogen functional groups attached to an aromatic ring is 1. The fraction of sp³-hybridized carbons (Fsp3) is 0.462. The molecule has 0 bridgehead atoms. The molecule has 1 aromatic carbocycles. The number of rotatable bonds is 1. The van der Waals surface area contributed by atoms with Gasteiger partial charge in [0.2, 0.25) is 0 Å². The van der Waals surface area contributed by atoms with Crippen molar-refractivity contribution < 1.29 is 4.42 Å². The van der Waals surface area contributed by atoms with Crippen LogP contribution in [0.3, 0.4) is 0 Å². The number of halogens is 1. The van der Waals surface area contributed by atoms with E-state index in [0.717, 1.165) is 33.3 Å². The summed E-state index contributed by atoms with van der Waals surface area (Å²) in [4.78, 5) is 4.60. The molecule has 88 valence electrons. The van der Waals surface area contributed by atoms with Gasteiger partial charge in [-0.2, -0.15) is 0 Å². The highest BCUT2D eigenvalue weighted by Gasteiger charge is 2.55. The summed E-state index contributed by atoms with van der Waals surface area (Å²) >= 11 is 3.43. The number of anilines is 1. The number of benzene rings is 1. The lowest BCUT2D eigenvalue weighted by Gasteiger charge is -1.96. The maximum Gasteiger partial charge on any atom is 0.199 e. The van der Waals surface area contributed by atoms with Crippen LogP contribution >= 0.6 is 15.9 Å². The third kappa shape index (κ3) is 1.36. The van der Waals surface area contributed by atoms with E-state index in [1.165, 1.54) is 19.3 Å². The minimum atomic E-state index is 0.564. The van der Waals surface area contributed by atoms with Crippen molar-refractivity contribution in [3.63, 3.8) is 0 Å². The van der Waals surface area contributed by atoms with Crippen molar-refractivity contribution in [1.29, 1.82) is 0 Å². The minimum absolute atomic E-state index is 0.564. The van der Waals surface area contributed by atoms with E-state index in [0.29, 0.717) is 11.6 Å². The summed E-state index contributed by atoms with van der Waals surface area (Å²) in [5, 5.41) is 0. The molecule has 2 aliphatic rings. The quantitative estimate of drug-likeness (QED) is 0.816. The summed E-state index contributed by atoms with van der Waals surface area (Å²) in [5.74, 6) is 3.12. The van der Waals surface area contributed by atoms with Gasteiger partial charge in [0.05, 0.1) is 5.69 Å². The molecule has 1 aromatic heterocycles. The van der Waals surface area contributed by atoms with E-state index >= 15 is 0 Å². The molecule has 4 heteroatoms. The number of fused-ring (bicyclic) bond motifs is 2. The molecule has 0 spiro atoms. The Hall–Kier alpha value is -1.03. The van der Waals surface area contributed by atoms with Crippen LogP contribution in [-0.4, -0.2) is 4.98 Å². The highest BCUT2D eigenvalue weighted by Crippen LogP contribution is 2.63. The standard InChI is InChI=1S/C13H13BrN2O/c14-6-4-9(15)12-10(5-6)16-13(17-12)11-7-2-1-3-8(7)11/h4-5,7-8,11H,1-3,15H2. The summed E-state index contributed by atoms with van der Waals surface area (Å²) < 4.78 is 6.81. The molecule has 1 heterocycles. The van der Waals surface area contributed by atoms with E-state index in [1.54, 1.807) is 0 Å². The third-order valence-corrected chi connectivity index (χ3v) is 4.65. The molecule has 0 saturated heterocycles. The summed E-state index contributed by atoms with van der Waals surface area (Å²) in [6, 6.07) is 3.84. The van der Waals surface area contributed by atoms with Gasteiger partial charge in [0, 0.05) is 10.4 Å². The van der Waals surface area contributed by atoms with Crippen LogP contribution in [0.25, 0.3) is 11.1 Å². The second-order valence-corrected chi connectivity index (χ2v) is 6.10. The second-order valence-electron chi connectivity index (χ2n) is 5.18. The van der Waals surface area contributed by atoms with Gasteiger partial charge in [-0.1, -0.05) is 22.4 Å². The SMILES string of the molecule is Nc1cc(Br)cc2nc(C3C4CCCC43)oc12. The van der Waals surface area contributed by atoms with Crippen molar-refractivity contribution in [1.82, 2.24) is 4.98 Å². The smallest absolute Gasteiger partial charge is 0.199 e. The normalized spacial score (nSPS) is 30.8. The fourth-order valence-corrected chi connectivity index (χ4v) is 3.83. The number of nitrogens with zero attached hydrogens (tertiary/aromatic N) is 1. The van der Waals surface area contributed by atoms with Gasteiger partial charge in [-0.05, 0) is 36.8 Å². The zero-order valence-electron chi connectivity index (χ0n) is 9.32. The van der Waals surface area contributed by atoms with Crippen molar-refractivity contribution in [3.8, 4) is 0 Å². The monoisotopic (exact) mass is 292 g/mol. The number of nitrogens with two attached hydrogens (primary N) is 1. The third-order valence-electron chi connectivity index (χ3n) is 4.19. The number of aromatic nitrogens is 1. The number of hydrogen-bond acceptors (Lipinski definition) is 3. The molecule has 2 saturated carbocycles. The molecule has 0 aliphatic heterocycles. The molecular formula is C13H13BrN2O. The van der Waals surface area contributed by atoms with Gasteiger partial charge in [0.25, 0.3) is 0 Å². The van der Waals surface area contributed by atoms with Gasteiger partial charge >= 0.3 is 0 Å². The van der Waals surface area contributed by atoms with Crippen molar-refractivity contribution in [2.24, 2.45) is 11.8 Å². The molecule has 0 amide bonds. The molecule has 3 nitrogen and oxygen atoms in total. The largest absolute Gasteiger partial charge is 0.438 e. The maximum absolute atomic E-state index is 5.94. The lowest BCUT2D eigenvalue weighted by atomic mass is 10.1. The van der Waals surface area contributed by atoms with Crippen molar-refractivity contribution in [2.45, 2.75) is 25.2 Å². The molecule has 2 N–H and O–H groups in total. The first-order valence-electron chi connectivity index (χ1n) is 6.09. The first kappa shape index (κ1) is 9.95. The first-order chi connectivity index (χ1) is 8.24. The van der Waals surface area contributed by atoms with Gasteiger partial charge in [-0.25, -0.2) is 4.98 Å². The zero-order chi connectivity index (χ0) is 11.6. The van der Waals surface area contributed by atoms with Crippen LogP contribution in [0.4, 0.5) is 5.69 Å². The molecule has 0 radical (unpaired) electrons. The van der Waals surface area contributed by atoms with Crippen LogP contribution in [0.2, 0.25) is 0 Å². The van der Waals surface area contributed by atoms with Crippen molar-refractivity contribution >= 4 is 32.7 Å². The summed E-state index contributed by atoms with van der Waals surface area (Å²) in [6.07, 6.45) is 4.06. The Morgan fingerprint density at radius 1 is 1.29 bits per heavy atom. The predicted molar refractivity (Wildman–Crippen MR) is 69.7 cm³/mol. The number of oxazole rings is 1. The van der Waals surface area contributed by atoms with Crippen molar-refractivity contribution in [3.05, 3.63) is 22.5 Å². The molecule has 2 unspecified atom stereocenters. The Morgan fingerprint density at radius 2 is 2.06 bits per heavy atom. The highest BCUT2D eigenvalue weighted by atomic mass is 79.9. The molecule has 17 heavy (non-hydrogen) atoms. The highest BCUT2D eigenvalue weighted by molar-refractivity contribution is 9.10. The first-order valence-corrected chi connectivity index (χ1v) is 6.89. The van der Waals surface area contributed by atoms with Crippen LogP contribution in [0, 0.1) is 11.8 Å². The van der Waals surface area contributed by atoms with E-state index in [9.17, 15) is 0 Å². The van der Waals surface area contributed by atoms with Crippen LogP contribution in [-0.2, 0) is 0 Å². The fourth-order valence-electron chi connectivity index (χ4n) is 3.37. The van der Waals surface area contributed by atoms with E-state index in [-0.39, 0.29) is 0 Å². The number of hydrogen-bond donors (Lipinski definition) is 1. The van der Waals surface area contributed by atoms with Gasteiger partial charge in [-0.15, -0.1) is 0 Å². The van der Waals surface area contributed by atoms with Gasteiger partial charge < -0.3 is 10.2 Å². The molecule has 2 aromatic rings. The Labute approximate surface area is 108 Å². The Bertz CT molecular complexity index is 597. The zero-order valence-corrected chi connectivity index (χ0v) is 10.9. The van der Waals surface area contributed by atoms with Crippen LogP contribution in [0.15, 0.2) is 21.0 Å². The van der Waals surface area contributed by atoms with Crippen LogP contribution in [0.5, 0.6) is 0 Å². The van der Waals surface area contributed by atoms with Gasteiger partial charge in [-0.3, -0.25) is 0 Å². The average Bonchev–Trinajstić information content (AvgIpc) is 2.67. The topological polar surface area (TPSA) is 52.0 Å². The van der Waals surface area contributed by atoms with Crippen LogP contribution < -0.4 is 5.73 Å². The minimum Gasteiger partial charge on any atom is -0.438 e. The lowest BCUT2D eigenvalue weighted by Crippen LogP contribution is -1.86. The Morgan fingerprint density at radius 3 is 2.82 bits per heavy atom. The molecule has 2 atom stereocenters. The summed E-state index contributed by atoms with van der Waals surface area (Å²) in [5.41, 5.74) is 8.22. The second kappa shape index (κ2) is 3.25.